The van der Waals surface area contributed by atoms with Crippen LogP contribution < -0.4 is 4.74 Å². The van der Waals surface area contributed by atoms with E-state index in [1.54, 1.807) is 0 Å². The topological polar surface area (TPSA) is 9.23 Å². The number of hydrogen-bond donors (Lipinski definition) is 0. The molecule has 0 N–H and O–H groups in total. The Bertz CT molecular complexity index is 951. The van der Waals surface area contributed by atoms with Crippen LogP contribution in [0.3, 0.4) is 0 Å². The number of unbranched alkanes of at least 4 members (excludes halogenated alkanes) is 1. The van der Waals surface area contributed by atoms with Crippen LogP contribution in [0.1, 0.15) is 30.9 Å². The van der Waals surface area contributed by atoms with Crippen molar-refractivity contribution in [2.24, 2.45) is 0 Å². The van der Waals surface area contributed by atoms with Gasteiger partial charge in [0.05, 0.1) is 6.61 Å². The molecule has 25 heavy (non-hydrogen) atoms. The lowest BCUT2D eigenvalue weighted by Gasteiger charge is -2.06. The first-order valence-corrected chi connectivity index (χ1v) is 8.29. The molecule has 0 aliphatic rings. The summed E-state index contributed by atoms with van der Waals surface area (Å²) in [6.45, 7) is 2.85. The van der Waals surface area contributed by atoms with Gasteiger partial charge < -0.3 is 4.74 Å². The molecule has 0 radical (unpaired) electrons. The molecule has 0 heterocycles. The molecule has 3 aromatic rings. The summed E-state index contributed by atoms with van der Waals surface area (Å²) >= 11 is 0. The summed E-state index contributed by atoms with van der Waals surface area (Å²) in [7, 11) is 0. The molecule has 0 aromatic heterocycles. The summed E-state index contributed by atoms with van der Waals surface area (Å²) in [6, 6.07) is 15.5. The molecule has 0 atom stereocenters. The third-order valence-electron chi connectivity index (χ3n) is 3.85. The molecule has 3 rings (SSSR count). The largest absolute Gasteiger partial charge is 0.494 e. The van der Waals surface area contributed by atoms with Crippen molar-refractivity contribution in [2.75, 3.05) is 6.61 Å². The number of halogens is 2. The second-order valence-electron chi connectivity index (χ2n) is 5.80. The van der Waals surface area contributed by atoms with Gasteiger partial charge in [0.1, 0.15) is 5.75 Å². The molecule has 0 spiro atoms. The van der Waals surface area contributed by atoms with Gasteiger partial charge in [0.15, 0.2) is 11.6 Å². The van der Waals surface area contributed by atoms with Crippen LogP contribution in [0.5, 0.6) is 5.75 Å². The number of ether oxygens (including phenoxy) is 1. The molecular formula is C22H18F2O. The molecule has 0 saturated carbocycles. The summed E-state index contributed by atoms with van der Waals surface area (Å²) < 4.78 is 31.9. The van der Waals surface area contributed by atoms with Crippen LogP contribution >= 0.6 is 0 Å². The average molecular weight is 336 g/mol. The highest BCUT2D eigenvalue weighted by molar-refractivity contribution is 5.85. The van der Waals surface area contributed by atoms with Crippen LogP contribution in [0, 0.1) is 23.5 Å². The van der Waals surface area contributed by atoms with Gasteiger partial charge in [-0.05, 0) is 59.7 Å². The molecule has 0 fully saturated rings. The Labute approximate surface area is 146 Å². The molecule has 0 saturated heterocycles. The van der Waals surface area contributed by atoms with Gasteiger partial charge in [-0.1, -0.05) is 37.3 Å². The van der Waals surface area contributed by atoms with E-state index < -0.39 is 11.6 Å². The average Bonchev–Trinajstić information content (AvgIpc) is 2.63. The molecule has 126 valence electrons. The van der Waals surface area contributed by atoms with Crippen LogP contribution in [0.15, 0.2) is 54.6 Å². The van der Waals surface area contributed by atoms with Gasteiger partial charge in [-0.15, -0.1) is 0 Å². The van der Waals surface area contributed by atoms with Crippen LogP contribution in [0.4, 0.5) is 8.78 Å². The maximum atomic E-state index is 13.2. The lowest BCUT2D eigenvalue weighted by Crippen LogP contribution is -1.96. The Balaban J connectivity index is 1.80. The summed E-state index contributed by atoms with van der Waals surface area (Å²) in [5.41, 5.74) is 1.26. The van der Waals surface area contributed by atoms with E-state index in [4.69, 9.17) is 4.74 Å². The van der Waals surface area contributed by atoms with Crippen molar-refractivity contribution in [3.63, 3.8) is 0 Å². The highest BCUT2D eigenvalue weighted by atomic mass is 19.2. The normalized spacial score (nSPS) is 10.4. The summed E-state index contributed by atoms with van der Waals surface area (Å²) in [5, 5.41) is 2.13. The first-order chi connectivity index (χ1) is 12.2. The maximum Gasteiger partial charge on any atom is 0.160 e. The Morgan fingerprint density at radius 1 is 0.800 bits per heavy atom. The zero-order valence-electron chi connectivity index (χ0n) is 14.0. The molecule has 0 unspecified atom stereocenters. The SMILES string of the molecule is CCCCOc1ccc2cc(C#Cc3ccc(F)c(F)c3)ccc2c1. The minimum absolute atomic E-state index is 0.443. The molecule has 0 aliphatic carbocycles. The Hall–Kier alpha value is -2.86. The van der Waals surface area contributed by atoms with Gasteiger partial charge in [0.25, 0.3) is 0 Å². The summed E-state index contributed by atoms with van der Waals surface area (Å²) in [4.78, 5) is 0. The molecule has 3 heteroatoms. The Kier molecular flexibility index (Phi) is 5.30. The Morgan fingerprint density at radius 3 is 2.24 bits per heavy atom. The van der Waals surface area contributed by atoms with Gasteiger partial charge in [0.2, 0.25) is 0 Å². The highest BCUT2D eigenvalue weighted by Gasteiger charge is 2.01. The smallest absolute Gasteiger partial charge is 0.160 e. The Morgan fingerprint density at radius 2 is 1.48 bits per heavy atom. The predicted octanol–water partition coefficient (Wildman–Crippen LogP) is 5.70. The van der Waals surface area contributed by atoms with Crippen molar-refractivity contribution in [1.29, 1.82) is 0 Å². The van der Waals surface area contributed by atoms with Gasteiger partial charge in [-0.3, -0.25) is 0 Å². The summed E-state index contributed by atoms with van der Waals surface area (Å²) in [5.74, 6) is 4.95. The monoisotopic (exact) mass is 336 g/mol. The van der Waals surface area contributed by atoms with Crippen LogP contribution in [0.25, 0.3) is 10.8 Å². The van der Waals surface area contributed by atoms with Crippen LogP contribution in [-0.2, 0) is 0 Å². The van der Waals surface area contributed by atoms with Crippen molar-refractivity contribution in [3.05, 3.63) is 77.4 Å². The fraction of sp³-hybridized carbons (Fsp3) is 0.182. The van der Waals surface area contributed by atoms with Crippen molar-refractivity contribution in [2.45, 2.75) is 19.8 Å². The first-order valence-electron chi connectivity index (χ1n) is 8.29. The van der Waals surface area contributed by atoms with Crippen LogP contribution in [-0.4, -0.2) is 6.61 Å². The number of fused-ring (bicyclic) bond motifs is 1. The van der Waals surface area contributed by atoms with Gasteiger partial charge >= 0.3 is 0 Å². The van der Waals surface area contributed by atoms with Crippen LogP contribution in [0.2, 0.25) is 0 Å². The summed E-state index contributed by atoms with van der Waals surface area (Å²) in [6.07, 6.45) is 2.14. The van der Waals surface area contributed by atoms with E-state index in [-0.39, 0.29) is 0 Å². The molecular weight excluding hydrogens is 318 g/mol. The molecule has 3 aromatic carbocycles. The quantitative estimate of drug-likeness (QED) is 0.439. The minimum Gasteiger partial charge on any atom is -0.494 e. The van der Waals surface area contributed by atoms with E-state index >= 15 is 0 Å². The van der Waals surface area contributed by atoms with Crippen molar-refractivity contribution >= 4 is 10.8 Å². The first kappa shape index (κ1) is 17.0. The van der Waals surface area contributed by atoms with Crippen molar-refractivity contribution in [1.82, 2.24) is 0 Å². The molecule has 0 aliphatic heterocycles. The maximum absolute atomic E-state index is 13.2. The molecule has 0 bridgehead atoms. The predicted molar refractivity (Wildman–Crippen MR) is 96.7 cm³/mol. The van der Waals surface area contributed by atoms with Gasteiger partial charge in [-0.2, -0.15) is 0 Å². The fourth-order valence-electron chi connectivity index (χ4n) is 2.44. The third-order valence-corrected chi connectivity index (χ3v) is 3.85. The van der Waals surface area contributed by atoms with Crippen molar-refractivity contribution in [3.8, 4) is 17.6 Å². The standard InChI is InChI=1S/C22H18F2O/c1-2-3-12-25-20-10-9-18-13-16(6-8-19(18)15-20)4-5-17-7-11-21(23)22(24)14-17/h6-11,13-15H,2-3,12H2,1H3. The number of hydrogen-bond acceptors (Lipinski definition) is 1. The van der Waals surface area contributed by atoms with E-state index in [1.807, 2.05) is 36.4 Å². The van der Waals surface area contributed by atoms with Gasteiger partial charge in [0, 0.05) is 11.1 Å². The van der Waals surface area contributed by atoms with E-state index in [2.05, 4.69) is 18.8 Å². The minimum atomic E-state index is -0.888. The second-order valence-corrected chi connectivity index (χ2v) is 5.80. The third kappa shape index (κ3) is 4.36. The van der Waals surface area contributed by atoms with Gasteiger partial charge in [-0.25, -0.2) is 8.78 Å². The van der Waals surface area contributed by atoms with E-state index in [0.717, 1.165) is 53.7 Å². The lowest BCUT2D eigenvalue weighted by atomic mass is 10.1. The van der Waals surface area contributed by atoms with Crippen molar-refractivity contribution < 1.29 is 13.5 Å². The van der Waals surface area contributed by atoms with E-state index in [1.165, 1.54) is 6.07 Å². The molecule has 0 amide bonds. The fourth-order valence-corrected chi connectivity index (χ4v) is 2.44. The second kappa shape index (κ2) is 7.81. The highest BCUT2D eigenvalue weighted by Crippen LogP contribution is 2.22. The lowest BCUT2D eigenvalue weighted by molar-refractivity contribution is 0.310. The zero-order chi connectivity index (χ0) is 17.6. The number of benzene rings is 3. The van der Waals surface area contributed by atoms with E-state index in [0.29, 0.717) is 5.56 Å². The zero-order valence-corrected chi connectivity index (χ0v) is 14.0. The van der Waals surface area contributed by atoms with E-state index in [9.17, 15) is 8.78 Å². The molecule has 1 nitrogen and oxygen atoms in total. The number of rotatable bonds is 4.